The van der Waals surface area contributed by atoms with Gasteiger partial charge in [0.05, 0.1) is 6.61 Å². The van der Waals surface area contributed by atoms with Crippen LogP contribution in [-0.4, -0.2) is 65.0 Å². The summed E-state index contributed by atoms with van der Waals surface area (Å²) in [5.41, 5.74) is 0. The highest BCUT2D eigenvalue weighted by Gasteiger charge is 2.46. The zero-order valence-corrected chi connectivity index (χ0v) is 13.0. The van der Waals surface area contributed by atoms with Crippen molar-refractivity contribution in [2.75, 3.05) is 13.7 Å². The molecule has 3 N–H and O–H groups in total. The number of benzene rings is 1. The fourth-order valence-corrected chi connectivity index (χ4v) is 2.33. The minimum absolute atomic E-state index is 0.231. The van der Waals surface area contributed by atoms with Crippen molar-refractivity contribution in [3.8, 4) is 5.75 Å². The molecule has 1 heterocycles. The first-order valence-corrected chi connectivity index (χ1v) is 7.16. The summed E-state index contributed by atoms with van der Waals surface area (Å²) in [6.07, 6.45) is -6.04. The number of aliphatic hydroxyl groups excluding tert-OH is 3. The summed E-state index contributed by atoms with van der Waals surface area (Å²) in [5.74, 6) is -0.206. The van der Waals surface area contributed by atoms with Gasteiger partial charge in [-0.3, -0.25) is 0 Å². The van der Waals surface area contributed by atoms with Crippen LogP contribution in [0.15, 0.2) is 24.3 Å². The minimum Gasteiger partial charge on any atom is -0.447 e. The van der Waals surface area contributed by atoms with Crippen molar-refractivity contribution in [1.82, 2.24) is 0 Å². The average molecular weight is 348 g/mol. The lowest BCUT2D eigenvalue weighted by molar-refractivity contribution is -0.292. The van der Waals surface area contributed by atoms with Crippen molar-refractivity contribution in [3.05, 3.63) is 30.1 Å². The number of aliphatic hydroxyl groups is 3. The number of hydrogen-bond acceptors (Lipinski definition) is 8. The molecule has 23 heavy (non-hydrogen) atoms. The van der Waals surface area contributed by atoms with Gasteiger partial charge in [0.1, 0.15) is 29.9 Å². The van der Waals surface area contributed by atoms with Gasteiger partial charge in [0.25, 0.3) is 0 Å². The van der Waals surface area contributed by atoms with Crippen LogP contribution in [-0.2, 0) is 14.2 Å². The first-order valence-electron chi connectivity index (χ1n) is 6.75. The molecule has 2 rings (SSSR count). The largest absolute Gasteiger partial charge is 0.447 e. The highest BCUT2D eigenvalue weighted by atomic mass is 32.1. The predicted octanol–water partition coefficient (Wildman–Crippen LogP) is -0.0400. The van der Waals surface area contributed by atoms with E-state index in [1.807, 2.05) is 0 Å². The van der Waals surface area contributed by atoms with E-state index in [9.17, 15) is 19.7 Å². The Kier molecular flexibility index (Phi) is 6.22. The molecule has 0 spiro atoms. The van der Waals surface area contributed by atoms with E-state index in [1.165, 1.54) is 31.4 Å². The van der Waals surface area contributed by atoms with Crippen molar-refractivity contribution >= 4 is 17.5 Å². The number of thiocarbonyl (C=S) groups is 1. The van der Waals surface area contributed by atoms with Gasteiger partial charge in [0.15, 0.2) is 12.4 Å². The second kappa shape index (κ2) is 7.95. The molecule has 1 saturated heterocycles. The van der Waals surface area contributed by atoms with Crippen molar-refractivity contribution < 1.29 is 38.7 Å². The normalized spacial score (nSPS) is 30.7. The van der Waals surface area contributed by atoms with Crippen molar-refractivity contribution in [2.24, 2.45) is 0 Å². The predicted molar refractivity (Wildman–Crippen MR) is 79.3 cm³/mol. The molecule has 1 aromatic rings. The number of ether oxygens (including phenoxy) is 4. The maximum absolute atomic E-state index is 12.8. The van der Waals surface area contributed by atoms with Crippen LogP contribution in [0.4, 0.5) is 4.39 Å². The standard InChI is InChI=1S/C14H17FO7S/c1-19-13-11(18)12(10(17)9(6-16)21-13)22-14(23)20-8-4-2-7(15)3-5-8/h2-5,9-13,16-18H,6H2,1H3/t9-,10+,11-,12+,13-/m1/s1. The fourth-order valence-electron chi connectivity index (χ4n) is 2.12. The summed E-state index contributed by atoms with van der Waals surface area (Å²) in [5, 5.41) is 29.0. The molecule has 1 aromatic carbocycles. The molecule has 0 amide bonds. The Morgan fingerprint density at radius 1 is 1.26 bits per heavy atom. The van der Waals surface area contributed by atoms with E-state index in [-0.39, 0.29) is 11.0 Å². The molecule has 0 saturated carbocycles. The van der Waals surface area contributed by atoms with Crippen LogP contribution in [0.25, 0.3) is 0 Å². The van der Waals surface area contributed by atoms with Crippen LogP contribution in [0.2, 0.25) is 0 Å². The molecule has 1 aliphatic heterocycles. The molecule has 0 radical (unpaired) electrons. The first-order chi connectivity index (χ1) is 11.0. The molecule has 1 fully saturated rings. The van der Waals surface area contributed by atoms with Crippen LogP contribution in [0.5, 0.6) is 5.75 Å². The fraction of sp³-hybridized carbons (Fsp3) is 0.500. The van der Waals surface area contributed by atoms with Crippen molar-refractivity contribution in [1.29, 1.82) is 0 Å². The van der Waals surface area contributed by atoms with Gasteiger partial charge in [0.2, 0.25) is 0 Å². The Balaban J connectivity index is 2.03. The second-order valence-corrected chi connectivity index (χ2v) is 5.16. The van der Waals surface area contributed by atoms with Gasteiger partial charge in [-0.15, -0.1) is 0 Å². The maximum Gasteiger partial charge on any atom is 0.358 e. The summed E-state index contributed by atoms with van der Waals surface area (Å²) in [6.45, 7) is -0.501. The molecule has 9 heteroatoms. The van der Waals surface area contributed by atoms with E-state index in [0.717, 1.165) is 0 Å². The summed E-state index contributed by atoms with van der Waals surface area (Å²) in [4.78, 5) is 0. The Morgan fingerprint density at radius 3 is 2.48 bits per heavy atom. The Bertz CT molecular complexity index is 510. The van der Waals surface area contributed by atoms with Gasteiger partial charge in [-0.1, -0.05) is 0 Å². The lowest BCUT2D eigenvalue weighted by atomic mass is 9.99. The molecule has 0 bridgehead atoms. The minimum atomic E-state index is -1.35. The van der Waals surface area contributed by atoms with Gasteiger partial charge < -0.3 is 34.3 Å². The third kappa shape index (κ3) is 4.34. The molecular weight excluding hydrogens is 331 g/mol. The zero-order chi connectivity index (χ0) is 17.0. The molecule has 0 aliphatic carbocycles. The van der Waals surface area contributed by atoms with Crippen LogP contribution >= 0.6 is 12.2 Å². The van der Waals surface area contributed by atoms with Gasteiger partial charge in [-0.2, -0.15) is 0 Å². The average Bonchev–Trinajstić information content (AvgIpc) is 2.54. The van der Waals surface area contributed by atoms with Crippen molar-refractivity contribution in [3.63, 3.8) is 0 Å². The van der Waals surface area contributed by atoms with E-state index >= 15 is 0 Å². The molecule has 0 aromatic heterocycles. The van der Waals surface area contributed by atoms with E-state index in [4.69, 9.17) is 31.2 Å². The summed E-state index contributed by atoms with van der Waals surface area (Å²) >= 11 is 4.90. The van der Waals surface area contributed by atoms with Crippen LogP contribution in [0.3, 0.4) is 0 Å². The lowest BCUT2D eigenvalue weighted by Crippen LogP contribution is -2.60. The first kappa shape index (κ1) is 18.0. The van der Waals surface area contributed by atoms with Crippen LogP contribution < -0.4 is 4.74 Å². The van der Waals surface area contributed by atoms with Crippen LogP contribution in [0, 0.1) is 5.82 Å². The Hall–Kier alpha value is -1.36. The van der Waals surface area contributed by atoms with Gasteiger partial charge in [-0.05, 0) is 24.3 Å². The monoisotopic (exact) mass is 348 g/mol. The molecule has 7 nitrogen and oxygen atoms in total. The van der Waals surface area contributed by atoms with Crippen molar-refractivity contribution in [2.45, 2.75) is 30.7 Å². The Labute approximate surface area is 137 Å². The highest BCUT2D eigenvalue weighted by Crippen LogP contribution is 2.24. The summed E-state index contributed by atoms with van der Waals surface area (Å²) in [6, 6.07) is 5.05. The van der Waals surface area contributed by atoms with Gasteiger partial charge >= 0.3 is 5.24 Å². The SMILES string of the molecule is CO[C@@H]1O[C@H](CO)[C@H](O)[C@H](OC(=S)Oc2ccc(F)cc2)[C@H]1O. The van der Waals surface area contributed by atoms with E-state index in [1.54, 1.807) is 0 Å². The Morgan fingerprint density at radius 2 is 1.91 bits per heavy atom. The zero-order valence-electron chi connectivity index (χ0n) is 12.2. The summed E-state index contributed by atoms with van der Waals surface area (Å²) < 4.78 is 33.4. The third-order valence-corrected chi connectivity index (χ3v) is 3.48. The van der Waals surface area contributed by atoms with Gasteiger partial charge in [0, 0.05) is 19.3 Å². The number of hydrogen-bond donors (Lipinski definition) is 3. The van der Waals surface area contributed by atoms with E-state index < -0.39 is 43.1 Å². The topological polar surface area (TPSA) is 97.6 Å². The van der Waals surface area contributed by atoms with E-state index in [2.05, 4.69) is 0 Å². The number of methoxy groups -OCH3 is 1. The second-order valence-electron chi connectivity index (χ2n) is 4.83. The van der Waals surface area contributed by atoms with E-state index in [0.29, 0.717) is 0 Å². The quantitative estimate of drug-likeness (QED) is 0.652. The third-order valence-electron chi connectivity index (χ3n) is 3.30. The maximum atomic E-state index is 12.8. The number of halogens is 1. The molecule has 0 unspecified atom stereocenters. The molecule has 128 valence electrons. The summed E-state index contributed by atoms with van der Waals surface area (Å²) in [7, 11) is 1.30. The molecule has 5 atom stereocenters. The molecule has 1 aliphatic rings. The highest BCUT2D eigenvalue weighted by molar-refractivity contribution is 7.79. The molecular formula is C14H17FO7S. The lowest BCUT2D eigenvalue weighted by Gasteiger charge is -2.40. The van der Waals surface area contributed by atoms with Crippen LogP contribution in [0.1, 0.15) is 0 Å². The number of rotatable bonds is 4. The van der Waals surface area contributed by atoms with Gasteiger partial charge in [-0.25, -0.2) is 4.39 Å². The smallest absolute Gasteiger partial charge is 0.358 e.